The Bertz CT molecular complexity index is 593. The van der Waals surface area contributed by atoms with Crippen LogP contribution in [0.3, 0.4) is 0 Å². The van der Waals surface area contributed by atoms with Crippen LogP contribution in [-0.4, -0.2) is 14.8 Å². The minimum Gasteiger partial charge on any atom is -0.261 e. The molecule has 2 aromatic rings. The van der Waals surface area contributed by atoms with Crippen LogP contribution in [0.1, 0.15) is 62.3 Å². The van der Waals surface area contributed by atoms with Gasteiger partial charge in [0.2, 0.25) is 0 Å². The first-order valence-corrected chi connectivity index (χ1v) is 7.96. The van der Waals surface area contributed by atoms with Gasteiger partial charge in [-0.1, -0.05) is 13.8 Å². The lowest BCUT2D eigenvalue weighted by Crippen LogP contribution is -2.04. The molecule has 0 N–H and O–H groups in total. The highest BCUT2D eigenvalue weighted by Gasteiger charge is 2.24. The molecule has 0 aliphatic heterocycles. The number of aryl methyl sites for hydroxylation is 2. The van der Waals surface area contributed by atoms with Crippen molar-refractivity contribution in [3.05, 3.63) is 22.5 Å². The van der Waals surface area contributed by atoms with Crippen LogP contribution in [0.4, 0.5) is 0 Å². The van der Waals surface area contributed by atoms with Gasteiger partial charge in [-0.15, -0.1) is 11.3 Å². The number of hydrogen-bond donors (Lipinski definition) is 0. The maximum atomic E-state index is 4.87. The molecule has 0 bridgehead atoms. The average Bonchev–Trinajstić information content (AvgIpc) is 2.90. The van der Waals surface area contributed by atoms with Crippen LogP contribution in [0.25, 0.3) is 10.6 Å². The van der Waals surface area contributed by atoms with Gasteiger partial charge in [0.1, 0.15) is 0 Å². The van der Waals surface area contributed by atoms with E-state index in [4.69, 9.17) is 4.98 Å². The van der Waals surface area contributed by atoms with E-state index in [0.717, 1.165) is 12.8 Å². The first kappa shape index (κ1) is 12.9. The standard InChI is InChI=1S/C15H21N3S/c1-9(2)15-17-12-7-5-6-11-8-16-18(10(3)4)13(11)14(12)19-15/h8-10H,5-7H2,1-4H3. The molecule has 0 radical (unpaired) electrons. The number of fused-ring (bicyclic) bond motifs is 3. The van der Waals surface area contributed by atoms with Gasteiger partial charge in [-0.25, -0.2) is 4.98 Å². The Morgan fingerprint density at radius 2 is 2.00 bits per heavy atom. The first-order chi connectivity index (χ1) is 9.08. The van der Waals surface area contributed by atoms with Gasteiger partial charge < -0.3 is 0 Å². The average molecular weight is 275 g/mol. The lowest BCUT2D eigenvalue weighted by atomic mass is 10.1. The molecule has 0 atom stereocenters. The van der Waals surface area contributed by atoms with E-state index in [1.54, 1.807) is 0 Å². The Morgan fingerprint density at radius 1 is 1.21 bits per heavy atom. The number of nitrogens with zero attached hydrogens (tertiary/aromatic N) is 3. The van der Waals surface area contributed by atoms with E-state index in [9.17, 15) is 0 Å². The molecule has 1 aliphatic rings. The van der Waals surface area contributed by atoms with Crippen molar-refractivity contribution in [1.82, 2.24) is 14.8 Å². The van der Waals surface area contributed by atoms with E-state index in [0.29, 0.717) is 12.0 Å². The van der Waals surface area contributed by atoms with Crippen LogP contribution in [0.15, 0.2) is 6.20 Å². The normalized spacial score (nSPS) is 14.6. The topological polar surface area (TPSA) is 30.7 Å². The van der Waals surface area contributed by atoms with Gasteiger partial charge in [0.05, 0.1) is 27.5 Å². The van der Waals surface area contributed by atoms with Gasteiger partial charge in [-0.2, -0.15) is 5.10 Å². The third kappa shape index (κ3) is 2.12. The molecule has 3 rings (SSSR count). The summed E-state index contributed by atoms with van der Waals surface area (Å²) in [6, 6.07) is 0.402. The molecule has 0 spiro atoms. The van der Waals surface area contributed by atoms with Gasteiger partial charge >= 0.3 is 0 Å². The summed E-state index contributed by atoms with van der Waals surface area (Å²) < 4.78 is 2.17. The summed E-state index contributed by atoms with van der Waals surface area (Å²) in [7, 11) is 0. The molecular weight excluding hydrogens is 254 g/mol. The zero-order valence-electron chi connectivity index (χ0n) is 12.1. The van der Waals surface area contributed by atoms with E-state index >= 15 is 0 Å². The summed E-state index contributed by atoms with van der Waals surface area (Å²) in [5.74, 6) is 0.510. The Hall–Kier alpha value is -1.16. The van der Waals surface area contributed by atoms with Crippen molar-refractivity contribution in [3.63, 3.8) is 0 Å². The van der Waals surface area contributed by atoms with E-state index in [-0.39, 0.29) is 0 Å². The molecule has 19 heavy (non-hydrogen) atoms. The fourth-order valence-electron chi connectivity index (χ4n) is 2.64. The van der Waals surface area contributed by atoms with Crippen molar-refractivity contribution in [1.29, 1.82) is 0 Å². The Balaban J connectivity index is 2.19. The van der Waals surface area contributed by atoms with E-state index in [1.807, 2.05) is 11.3 Å². The molecule has 4 heteroatoms. The second kappa shape index (κ2) is 4.75. The molecule has 1 aliphatic carbocycles. The van der Waals surface area contributed by atoms with Crippen LogP contribution in [0.5, 0.6) is 0 Å². The molecule has 3 nitrogen and oxygen atoms in total. The minimum atomic E-state index is 0.402. The predicted molar refractivity (Wildman–Crippen MR) is 79.8 cm³/mol. The first-order valence-electron chi connectivity index (χ1n) is 7.14. The molecule has 0 saturated carbocycles. The fraction of sp³-hybridized carbons (Fsp3) is 0.600. The van der Waals surface area contributed by atoms with E-state index in [1.165, 1.54) is 33.3 Å². The van der Waals surface area contributed by atoms with Crippen LogP contribution in [0.2, 0.25) is 0 Å². The lowest BCUT2D eigenvalue weighted by molar-refractivity contribution is 0.538. The molecule has 0 aromatic carbocycles. The van der Waals surface area contributed by atoms with Gasteiger partial charge in [0, 0.05) is 12.0 Å². The molecule has 2 heterocycles. The SMILES string of the molecule is CC(C)c1nc2c(s1)-c1c(cnn1C(C)C)CCC2. The quantitative estimate of drug-likeness (QED) is 0.822. The molecule has 102 valence electrons. The summed E-state index contributed by atoms with van der Waals surface area (Å²) in [6.45, 7) is 8.84. The Kier molecular flexibility index (Phi) is 3.21. The third-order valence-corrected chi connectivity index (χ3v) is 5.05. The van der Waals surface area contributed by atoms with Crippen molar-refractivity contribution in [2.45, 2.75) is 58.9 Å². The zero-order valence-corrected chi connectivity index (χ0v) is 12.9. The number of aromatic nitrogens is 3. The highest BCUT2D eigenvalue weighted by atomic mass is 32.1. The maximum Gasteiger partial charge on any atom is 0.0960 e. The summed E-state index contributed by atoms with van der Waals surface area (Å²) in [5.41, 5.74) is 4.01. The highest BCUT2D eigenvalue weighted by molar-refractivity contribution is 7.15. The Morgan fingerprint density at radius 3 is 2.68 bits per heavy atom. The number of rotatable bonds is 2. The van der Waals surface area contributed by atoms with E-state index in [2.05, 4.69) is 43.7 Å². The minimum absolute atomic E-state index is 0.402. The van der Waals surface area contributed by atoms with Crippen LogP contribution < -0.4 is 0 Å². The molecule has 0 amide bonds. The molecule has 0 saturated heterocycles. The van der Waals surface area contributed by atoms with Crippen LogP contribution in [-0.2, 0) is 12.8 Å². The smallest absolute Gasteiger partial charge is 0.0960 e. The lowest BCUT2D eigenvalue weighted by Gasteiger charge is -2.10. The number of thiazole rings is 1. The van der Waals surface area contributed by atoms with Crippen molar-refractivity contribution < 1.29 is 0 Å². The van der Waals surface area contributed by atoms with Crippen molar-refractivity contribution in [3.8, 4) is 10.6 Å². The second-order valence-corrected chi connectivity index (χ2v) is 6.92. The van der Waals surface area contributed by atoms with Crippen molar-refractivity contribution in [2.75, 3.05) is 0 Å². The maximum absolute atomic E-state index is 4.87. The monoisotopic (exact) mass is 275 g/mol. The predicted octanol–water partition coefficient (Wildman–Crippen LogP) is 4.20. The molecule has 2 aromatic heterocycles. The summed E-state index contributed by atoms with van der Waals surface area (Å²) in [5, 5.41) is 5.85. The summed E-state index contributed by atoms with van der Waals surface area (Å²) in [6.07, 6.45) is 5.47. The fourth-order valence-corrected chi connectivity index (χ4v) is 3.83. The van der Waals surface area contributed by atoms with Crippen molar-refractivity contribution >= 4 is 11.3 Å². The van der Waals surface area contributed by atoms with Gasteiger partial charge in [-0.3, -0.25) is 4.68 Å². The van der Waals surface area contributed by atoms with Crippen molar-refractivity contribution in [2.24, 2.45) is 0 Å². The van der Waals surface area contributed by atoms with Crippen LogP contribution >= 0.6 is 11.3 Å². The number of hydrogen-bond acceptors (Lipinski definition) is 3. The van der Waals surface area contributed by atoms with Gasteiger partial charge in [0.15, 0.2) is 0 Å². The third-order valence-electron chi connectivity index (χ3n) is 3.64. The van der Waals surface area contributed by atoms with Gasteiger partial charge in [0.25, 0.3) is 0 Å². The summed E-state index contributed by atoms with van der Waals surface area (Å²) >= 11 is 1.86. The largest absolute Gasteiger partial charge is 0.261 e. The molecule has 0 fully saturated rings. The highest BCUT2D eigenvalue weighted by Crippen LogP contribution is 2.39. The molecule has 0 unspecified atom stereocenters. The van der Waals surface area contributed by atoms with Gasteiger partial charge in [-0.05, 0) is 38.7 Å². The van der Waals surface area contributed by atoms with Crippen LogP contribution in [0, 0.1) is 0 Å². The summed E-state index contributed by atoms with van der Waals surface area (Å²) in [4.78, 5) is 6.23. The Labute approximate surface area is 118 Å². The second-order valence-electron chi connectivity index (χ2n) is 5.89. The zero-order chi connectivity index (χ0) is 13.6. The molecular formula is C15H21N3S. The van der Waals surface area contributed by atoms with E-state index < -0.39 is 0 Å².